The van der Waals surface area contributed by atoms with Gasteiger partial charge in [0, 0.05) is 23.8 Å². The number of amides is 2. The Kier molecular flexibility index (Phi) is 9.89. The molecule has 0 aliphatic carbocycles. The highest BCUT2D eigenvalue weighted by molar-refractivity contribution is 7.98. The highest BCUT2D eigenvalue weighted by Gasteiger charge is 2.22. The molecule has 1 saturated heterocycles. The van der Waals surface area contributed by atoms with E-state index >= 15 is 0 Å². The summed E-state index contributed by atoms with van der Waals surface area (Å²) in [6, 6.07) is 11.9. The fourth-order valence-electron chi connectivity index (χ4n) is 3.33. The molecule has 1 aliphatic heterocycles. The Balaban J connectivity index is 0.00000167. The standard InChI is InChI=1S/C23H22ClN5O3S.C2H6/c1-33-16-5-6-17(19(11-16)32-15-8-10-25-13-15)22(30)28-18-3-2-9-26-21(18)23(31)29-20-7-4-14(24)12-27-20;1-2/h2-7,9,11-12,15,25H,8,10,13H2,1H3,(H,28,30)(H,27,29,31);1-2H3. The molecule has 35 heavy (non-hydrogen) atoms. The molecule has 3 N–H and O–H groups in total. The van der Waals surface area contributed by atoms with E-state index < -0.39 is 11.8 Å². The van der Waals surface area contributed by atoms with E-state index in [1.807, 2.05) is 32.2 Å². The number of hydrogen-bond acceptors (Lipinski definition) is 7. The van der Waals surface area contributed by atoms with Gasteiger partial charge in [0.25, 0.3) is 11.8 Å². The maximum Gasteiger partial charge on any atom is 0.277 e. The van der Waals surface area contributed by atoms with Crippen molar-refractivity contribution >= 4 is 46.7 Å². The molecule has 1 unspecified atom stereocenters. The van der Waals surface area contributed by atoms with Gasteiger partial charge in [0.05, 0.1) is 16.3 Å². The first-order valence-corrected chi connectivity index (χ1v) is 12.9. The van der Waals surface area contributed by atoms with Gasteiger partial charge in [-0.3, -0.25) is 9.59 Å². The van der Waals surface area contributed by atoms with Crippen LogP contribution >= 0.6 is 23.4 Å². The van der Waals surface area contributed by atoms with Crippen LogP contribution in [0.2, 0.25) is 5.02 Å². The minimum absolute atomic E-state index is 0.000243. The second-order valence-corrected chi connectivity index (χ2v) is 8.58. The van der Waals surface area contributed by atoms with Crippen molar-refractivity contribution in [3.63, 3.8) is 0 Å². The monoisotopic (exact) mass is 513 g/mol. The molecule has 0 spiro atoms. The number of hydrogen-bond donors (Lipinski definition) is 3. The van der Waals surface area contributed by atoms with Crippen LogP contribution in [0.3, 0.4) is 0 Å². The summed E-state index contributed by atoms with van der Waals surface area (Å²) in [6.07, 6.45) is 5.75. The molecule has 184 valence electrons. The molecule has 2 aromatic heterocycles. The maximum atomic E-state index is 13.2. The number of anilines is 2. The average molecular weight is 514 g/mol. The number of ether oxygens (including phenoxy) is 1. The van der Waals surface area contributed by atoms with E-state index in [9.17, 15) is 9.59 Å². The molecule has 3 aromatic rings. The van der Waals surface area contributed by atoms with Crippen molar-refractivity contribution in [3.8, 4) is 5.75 Å². The first kappa shape index (κ1) is 26.5. The van der Waals surface area contributed by atoms with Gasteiger partial charge >= 0.3 is 0 Å². The van der Waals surface area contributed by atoms with Gasteiger partial charge in [0.2, 0.25) is 0 Å². The summed E-state index contributed by atoms with van der Waals surface area (Å²) < 4.78 is 6.12. The molecule has 1 aliphatic rings. The van der Waals surface area contributed by atoms with E-state index in [1.54, 1.807) is 42.1 Å². The molecule has 3 heterocycles. The van der Waals surface area contributed by atoms with Crippen molar-refractivity contribution in [1.29, 1.82) is 0 Å². The van der Waals surface area contributed by atoms with E-state index in [-0.39, 0.29) is 17.5 Å². The SMILES string of the molecule is CC.CSc1ccc(C(=O)Nc2cccnc2C(=O)Nc2ccc(Cl)cn2)c(OC2CCNC2)c1. The third-order valence-corrected chi connectivity index (χ3v) is 5.93. The second kappa shape index (κ2) is 13.1. The highest BCUT2D eigenvalue weighted by Crippen LogP contribution is 2.28. The number of carbonyl (C=O) groups excluding carboxylic acids is 2. The highest BCUT2D eigenvalue weighted by atomic mass is 35.5. The Morgan fingerprint density at radius 3 is 2.63 bits per heavy atom. The largest absolute Gasteiger partial charge is 0.488 e. The molecular formula is C25H28ClN5O3S. The molecule has 1 aromatic carbocycles. The second-order valence-electron chi connectivity index (χ2n) is 7.26. The van der Waals surface area contributed by atoms with E-state index in [4.69, 9.17) is 16.3 Å². The summed E-state index contributed by atoms with van der Waals surface area (Å²) in [6.45, 7) is 5.61. The number of rotatable bonds is 7. The van der Waals surface area contributed by atoms with E-state index in [1.165, 1.54) is 12.4 Å². The normalized spacial score (nSPS) is 14.5. The summed E-state index contributed by atoms with van der Waals surface area (Å²) in [5.41, 5.74) is 0.719. The van der Waals surface area contributed by atoms with Crippen LogP contribution in [-0.4, -0.2) is 47.2 Å². The Labute approximate surface area is 214 Å². The van der Waals surface area contributed by atoms with Crippen LogP contribution in [0, 0.1) is 0 Å². The van der Waals surface area contributed by atoms with Gasteiger partial charge in [-0.1, -0.05) is 25.4 Å². The van der Waals surface area contributed by atoms with E-state index in [2.05, 4.69) is 25.9 Å². The molecule has 2 amide bonds. The topological polar surface area (TPSA) is 105 Å². The van der Waals surface area contributed by atoms with Crippen molar-refractivity contribution in [2.45, 2.75) is 31.3 Å². The number of nitrogens with one attached hydrogen (secondary N) is 3. The molecule has 0 saturated carbocycles. The Morgan fingerprint density at radius 2 is 1.94 bits per heavy atom. The van der Waals surface area contributed by atoms with Crippen molar-refractivity contribution < 1.29 is 14.3 Å². The van der Waals surface area contributed by atoms with Gasteiger partial charge in [0.15, 0.2) is 5.69 Å². The third kappa shape index (κ3) is 7.17. The first-order valence-electron chi connectivity index (χ1n) is 11.3. The zero-order chi connectivity index (χ0) is 25.2. The van der Waals surface area contributed by atoms with Crippen molar-refractivity contribution in [3.05, 3.63) is 71.1 Å². The van der Waals surface area contributed by atoms with E-state index in [0.29, 0.717) is 22.2 Å². The number of carbonyl (C=O) groups is 2. The van der Waals surface area contributed by atoms with E-state index in [0.717, 1.165) is 24.4 Å². The van der Waals surface area contributed by atoms with Crippen molar-refractivity contribution in [2.24, 2.45) is 0 Å². The fraction of sp³-hybridized carbons (Fsp3) is 0.280. The minimum atomic E-state index is -0.507. The molecule has 8 nitrogen and oxygen atoms in total. The lowest BCUT2D eigenvalue weighted by atomic mass is 10.1. The molecule has 1 atom stereocenters. The lowest BCUT2D eigenvalue weighted by molar-refractivity contribution is 0.102. The number of halogens is 1. The van der Waals surface area contributed by atoms with Crippen LogP contribution in [-0.2, 0) is 0 Å². The zero-order valence-corrected chi connectivity index (χ0v) is 21.4. The van der Waals surface area contributed by atoms with Crippen LogP contribution in [0.5, 0.6) is 5.75 Å². The van der Waals surface area contributed by atoms with Crippen molar-refractivity contribution in [2.75, 3.05) is 30.0 Å². The smallest absolute Gasteiger partial charge is 0.277 e. The van der Waals surface area contributed by atoms with Crippen LogP contribution in [0.15, 0.2) is 59.8 Å². The third-order valence-electron chi connectivity index (χ3n) is 4.98. The Bertz CT molecular complexity index is 1150. The lowest BCUT2D eigenvalue weighted by Crippen LogP contribution is -2.23. The van der Waals surface area contributed by atoms with Crippen LogP contribution in [0.4, 0.5) is 11.5 Å². The van der Waals surface area contributed by atoms with Crippen LogP contribution < -0.4 is 20.7 Å². The summed E-state index contributed by atoms with van der Waals surface area (Å²) >= 11 is 7.41. The predicted molar refractivity (Wildman–Crippen MR) is 141 cm³/mol. The van der Waals surface area contributed by atoms with Crippen LogP contribution in [0.1, 0.15) is 41.1 Å². The zero-order valence-electron chi connectivity index (χ0n) is 19.8. The Hall–Kier alpha value is -3.14. The minimum Gasteiger partial charge on any atom is -0.488 e. The van der Waals surface area contributed by atoms with Gasteiger partial charge in [-0.15, -0.1) is 11.8 Å². The van der Waals surface area contributed by atoms with Crippen molar-refractivity contribution in [1.82, 2.24) is 15.3 Å². The van der Waals surface area contributed by atoms with Gasteiger partial charge in [0.1, 0.15) is 17.7 Å². The lowest BCUT2D eigenvalue weighted by Gasteiger charge is -2.17. The number of benzene rings is 1. The summed E-state index contributed by atoms with van der Waals surface area (Å²) in [4.78, 5) is 35.2. The first-order chi connectivity index (χ1) is 17.0. The summed E-state index contributed by atoms with van der Waals surface area (Å²) in [5.74, 6) is -0.0728. The number of thioether (sulfide) groups is 1. The fourth-order valence-corrected chi connectivity index (χ4v) is 3.87. The number of aromatic nitrogens is 2. The number of nitrogens with zero attached hydrogens (tertiary/aromatic N) is 2. The molecule has 4 rings (SSSR count). The molecule has 1 fully saturated rings. The molecular weight excluding hydrogens is 486 g/mol. The summed E-state index contributed by atoms with van der Waals surface area (Å²) in [7, 11) is 0. The maximum absolute atomic E-state index is 13.2. The van der Waals surface area contributed by atoms with Gasteiger partial charge in [-0.2, -0.15) is 0 Å². The predicted octanol–water partition coefficient (Wildman–Crippen LogP) is 5.12. The Morgan fingerprint density at radius 1 is 1.11 bits per heavy atom. The van der Waals surface area contributed by atoms with Gasteiger partial charge in [-0.25, -0.2) is 9.97 Å². The molecule has 0 radical (unpaired) electrons. The van der Waals surface area contributed by atoms with Crippen LogP contribution in [0.25, 0.3) is 0 Å². The van der Waals surface area contributed by atoms with Gasteiger partial charge < -0.3 is 20.7 Å². The quantitative estimate of drug-likeness (QED) is 0.376. The van der Waals surface area contributed by atoms with Gasteiger partial charge in [-0.05, 0) is 61.7 Å². The average Bonchev–Trinajstić information content (AvgIpc) is 3.40. The molecule has 10 heteroatoms. The summed E-state index contributed by atoms with van der Waals surface area (Å²) in [5, 5.41) is 9.17. The molecule has 0 bridgehead atoms. The number of pyridine rings is 2.